The fraction of sp³-hybridized carbons (Fsp3) is 0.250. The highest BCUT2D eigenvalue weighted by molar-refractivity contribution is 5.99. The molecule has 15 heavy (non-hydrogen) atoms. The van der Waals surface area contributed by atoms with Crippen LogP contribution in [0.2, 0.25) is 0 Å². The van der Waals surface area contributed by atoms with Gasteiger partial charge in [0.2, 0.25) is 0 Å². The number of hydrogen-bond donors (Lipinski definition) is 2. The van der Waals surface area contributed by atoms with E-state index in [1.807, 2.05) is 24.4 Å². The van der Waals surface area contributed by atoms with E-state index in [1.165, 1.54) is 12.8 Å². The molecule has 0 saturated heterocycles. The second-order valence-corrected chi connectivity index (χ2v) is 4.02. The quantitative estimate of drug-likeness (QED) is 0.730. The first-order valence-corrected chi connectivity index (χ1v) is 5.24. The molecule has 3 nitrogen and oxygen atoms in total. The Morgan fingerprint density at radius 2 is 2.07 bits per heavy atom. The molecule has 3 N–H and O–H groups in total. The van der Waals surface area contributed by atoms with Gasteiger partial charge in [-0.25, -0.2) is 4.98 Å². The second kappa shape index (κ2) is 3.12. The van der Waals surface area contributed by atoms with Gasteiger partial charge < -0.3 is 11.1 Å². The molecule has 76 valence electrons. The summed E-state index contributed by atoms with van der Waals surface area (Å²) >= 11 is 0. The summed E-state index contributed by atoms with van der Waals surface area (Å²) in [6.07, 6.45) is 4.31. The maximum absolute atomic E-state index is 5.92. The van der Waals surface area contributed by atoms with Crippen molar-refractivity contribution in [3.8, 4) is 0 Å². The molecule has 1 aromatic carbocycles. The van der Waals surface area contributed by atoms with E-state index >= 15 is 0 Å². The maximum Gasteiger partial charge on any atom is 0.134 e. The van der Waals surface area contributed by atoms with Gasteiger partial charge in [0, 0.05) is 28.7 Å². The van der Waals surface area contributed by atoms with Crippen LogP contribution in [0.25, 0.3) is 10.8 Å². The minimum atomic E-state index is 0.615. The summed E-state index contributed by atoms with van der Waals surface area (Å²) in [6, 6.07) is 8.52. The van der Waals surface area contributed by atoms with Gasteiger partial charge in [-0.3, -0.25) is 0 Å². The van der Waals surface area contributed by atoms with Crippen LogP contribution in [0.4, 0.5) is 11.5 Å². The zero-order valence-electron chi connectivity index (χ0n) is 8.40. The van der Waals surface area contributed by atoms with Gasteiger partial charge >= 0.3 is 0 Å². The lowest BCUT2D eigenvalue weighted by Crippen LogP contribution is -2.03. The number of nitrogens with zero attached hydrogens (tertiary/aromatic N) is 1. The van der Waals surface area contributed by atoms with Crippen molar-refractivity contribution in [3.63, 3.8) is 0 Å². The lowest BCUT2D eigenvalue weighted by Gasteiger charge is -2.08. The summed E-state index contributed by atoms with van der Waals surface area (Å²) in [4.78, 5) is 4.36. The third kappa shape index (κ3) is 1.50. The van der Waals surface area contributed by atoms with Crippen molar-refractivity contribution in [2.45, 2.75) is 18.9 Å². The largest absolute Gasteiger partial charge is 0.398 e. The summed E-state index contributed by atoms with van der Waals surface area (Å²) in [7, 11) is 0. The Morgan fingerprint density at radius 1 is 1.20 bits per heavy atom. The van der Waals surface area contributed by atoms with E-state index in [2.05, 4.69) is 16.4 Å². The van der Waals surface area contributed by atoms with Gasteiger partial charge in [0.15, 0.2) is 0 Å². The lowest BCUT2D eigenvalue weighted by molar-refractivity contribution is 1.12. The smallest absolute Gasteiger partial charge is 0.134 e. The minimum Gasteiger partial charge on any atom is -0.398 e. The predicted octanol–water partition coefficient (Wildman–Crippen LogP) is 2.39. The predicted molar refractivity (Wildman–Crippen MR) is 62.8 cm³/mol. The summed E-state index contributed by atoms with van der Waals surface area (Å²) < 4.78 is 0. The van der Waals surface area contributed by atoms with Crippen molar-refractivity contribution in [2.24, 2.45) is 0 Å². The SMILES string of the molecule is Nc1cccc2c(NC3CC3)nccc12. The molecule has 0 amide bonds. The van der Waals surface area contributed by atoms with Crippen LogP contribution in [0.3, 0.4) is 0 Å². The maximum atomic E-state index is 5.92. The average molecular weight is 199 g/mol. The molecule has 1 fully saturated rings. The van der Waals surface area contributed by atoms with Gasteiger partial charge in [0.1, 0.15) is 5.82 Å². The third-order valence-electron chi connectivity index (χ3n) is 2.76. The summed E-state index contributed by atoms with van der Waals surface area (Å²) in [5.74, 6) is 0.960. The fourth-order valence-corrected chi connectivity index (χ4v) is 1.77. The van der Waals surface area contributed by atoms with E-state index in [0.29, 0.717) is 6.04 Å². The van der Waals surface area contributed by atoms with Crippen LogP contribution in [0.15, 0.2) is 30.5 Å². The second-order valence-electron chi connectivity index (χ2n) is 4.02. The number of nitrogen functional groups attached to an aromatic ring is 1. The van der Waals surface area contributed by atoms with Gasteiger partial charge in [-0.05, 0) is 25.0 Å². The lowest BCUT2D eigenvalue weighted by atomic mass is 10.1. The molecule has 3 rings (SSSR count). The molecule has 1 heterocycles. The first-order chi connectivity index (χ1) is 7.34. The van der Waals surface area contributed by atoms with Gasteiger partial charge in [-0.2, -0.15) is 0 Å². The Hall–Kier alpha value is -1.77. The molecule has 1 aromatic heterocycles. The molecule has 0 atom stereocenters. The van der Waals surface area contributed by atoms with E-state index in [1.54, 1.807) is 0 Å². The minimum absolute atomic E-state index is 0.615. The topological polar surface area (TPSA) is 50.9 Å². The summed E-state index contributed by atoms with van der Waals surface area (Å²) in [5.41, 5.74) is 6.73. The Balaban J connectivity index is 2.16. The Morgan fingerprint density at radius 3 is 2.87 bits per heavy atom. The van der Waals surface area contributed by atoms with Crippen LogP contribution in [-0.4, -0.2) is 11.0 Å². The molecule has 2 aromatic rings. The van der Waals surface area contributed by atoms with Crippen molar-refractivity contribution in [1.29, 1.82) is 0 Å². The first kappa shape index (κ1) is 8.53. The zero-order valence-corrected chi connectivity index (χ0v) is 8.40. The number of nitrogens with two attached hydrogens (primary N) is 1. The summed E-state index contributed by atoms with van der Waals surface area (Å²) in [5, 5.41) is 5.61. The normalized spacial score (nSPS) is 15.5. The number of aromatic nitrogens is 1. The number of rotatable bonds is 2. The molecular weight excluding hydrogens is 186 g/mol. The van der Waals surface area contributed by atoms with Gasteiger partial charge in [0.25, 0.3) is 0 Å². The highest BCUT2D eigenvalue weighted by Crippen LogP contribution is 2.30. The third-order valence-corrected chi connectivity index (χ3v) is 2.76. The summed E-state index contributed by atoms with van der Waals surface area (Å²) in [6.45, 7) is 0. The standard InChI is InChI=1S/C12H13N3/c13-11-3-1-2-10-9(11)6-7-14-12(10)15-8-4-5-8/h1-3,6-8H,4-5,13H2,(H,14,15). The Kier molecular flexibility index (Phi) is 1.78. The number of hydrogen-bond acceptors (Lipinski definition) is 3. The van der Waals surface area contributed by atoms with Crippen LogP contribution >= 0.6 is 0 Å². The van der Waals surface area contributed by atoms with E-state index in [9.17, 15) is 0 Å². The fourth-order valence-electron chi connectivity index (χ4n) is 1.77. The van der Waals surface area contributed by atoms with Gasteiger partial charge in [0.05, 0.1) is 0 Å². The van der Waals surface area contributed by atoms with E-state index < -0.39 is 0 Å². The molecule has 0 aliphatic heterocycles. The van der Waals surface area contributed by atoms with Crippen molar-refractivity contribution in [2.75, 3.05) is 11.1 Å². The zero-order chi connectivity index (χ0) is 10.3. The molecule has 1 aliphatic rings. The molecule has 3 heteroatoms. The average Bonchev–Trinajstić information content (AvgIpc) is 3.04. The molecule has 1 aliphatic carbocycles. The number of nitrogens with one attached hydrogen (secondary N) is 1. The van der Waals surface area contributed by atoms with Crippen LogP contribution < -0.4 is 11.1 Å². The van der Waals surface area contributed by atoms with Crippen molar-refractivity contribution < 1.29 is 0 Å². The number of pyridine rings is 1. The number of fused-ring (bicyclic) bond motifs is 1. The van der Waals surface area contributed by atoms with Crippen LogP contribution in [-0.2, 0) is 0 Å². The van der Waals surface area contributed by atoms with Crippen LogP contribution in [0.1, 0.15) is 12.8 Å². The first-order valence-electron chi connectivity index (χ1n) is 5.24. The Bertz CT molecular complexity index is 503. The van der Waals surface area contributed by atoms with Crippen molar-refractivity contribution >= 4 is 22.3 Å². The van der Waals surface area contributed by atoms with Crippen molar-refractivity contribution in [1.82, 2.24) is 4.98 Å². The van der Waals surface area contributed by atoms with Gasteiger partial charge in [-0.1, -0.05) is 12.1 Å². The van der Waals surface area contributed by atoms with Crippen LogP contribution in [0, 0.1) is 0 Å². The van der Waals surface area contributed by atoms with Crippen LogP contribution in [0.5, 0.6) is 0 Å². The molecule has 0 unspecified atom stereocenters. The molecular formula is C12H13N3. The number of benzene rings is 1. The molecule has 1 saturated carbocycles. The van der Waals surface area contributed by atoms with Gasteiger partial charge in [-0.15, -0.1) is 0 Å². The van der Waals surface area contributed by atoms with Crippen molar-refractivity contribution in [3.05, 3.63) is 30.5 Å². The molecule has 0 bridgehead atoms. The van der Waals surface area contributed by atoms with E-state index in [0.717, 1.165) is 22.3 Å². The Labute approximate surface area is 88.3 Å². The monoisotopic (exact) mass is 199 g/mol. The number of anilines is 2. The van der Waals surface area contributed by atoms with E-state index in [-0.39, 0.29) is 0 Å². The molecule has 0 radical (unpaired) electrons. The highest BCUT2D eigenvalue weighted by Gasteiger charge is 2.22. The molecule has 0 spiro atoms. The highest BCUT2D eigenvalue weighted by atomic mass is 15.0. The van der Waals surface area contributed by atoms with E-state index in [4.69, 9.17) is 5.73 Å².